The van der Waals surface area contributed by atoms with Crippen LogP contribution < -0.4 is 0 Å². The van der Waals surface area contributed by atoms with E-state index in [0.717, 1.165) is 0 Å². The molecule has 0 bridgehead atoms. The minimum atomic E-state index is -1.33. The molecule has 0 saturated heterocycles. The van der Waals surface area contributed by atoms with Crippen LogP contribution in [0.2, 0.25) is 0 Å². The highest BCUT2D eigenvalue weighted by atomic mass is 33.1. The van der Waals surface area contributed by atoms with E-state index in [2.05, 4.69) is 0 Å². The van der Waals surface area contributed by atoms with Gasteiger partial charge in [0.2, 0.25) is 0 Å². The first-order valence-electron chi connectivity index (χ1n) is 4.66. The molecule has 1 atom stereocenters. The Morgan fingerprint density at radius 2 is 1.81 bits per heavy atom. The summed E-state index contributed by atoms with van der Waals surface area (Å²) in [5.41, 5.74) is -0.789. The van der Waals surface area contributed by atoms with Crippen molar-refractivity contribution in [3.63, 3.8) is 0 Å². The number of aliphatic hydroxyl groups is 1. The summed E-state index contributed by atoms with van der Waals surface area (Å²) >= 11 is 0. The molecular weight excluding hydrogens is 252 g/mol. The predicted octanol–water partition coefficient (Wildman–Crippen LogP) is 1.31. The molecule has 1 unspecified atom stereocenters. The number of aliphatic hydroxyl groups excluding tert-OH is 1. The van der Waals surface area contributed by atoms with E-state index < -0.39 is 23.5 Å². The van der Waals surface area contributed by atoms with Gasteiger partial charge in [0, 0.05) is 11.5 Å². The number of carboxylic acid groups (broad SMARTS) is 2. The second kappa shape index (κ2) is 7.03. The third-order valence-corrected chi connectivity index (χ3v) is 4.60. The predicted molar refractivity (Wildman–Crippen MR) is 64.6 cm³/mol. The molecule has 0 rings (SSSR count). The summed E-state index contributed by atoms with van der Waals surface area (Å²) < 4.78 is 0. The van der Waals surface area contributed by atoms with Crippen molar-refractivity contribution in [3.05, 3.63) is 0 Å². The number of rotatable bonds is 8. The molecule has 0 saturated carbocycles. The van der Waals surface area contributed by atoms with E-state index in [9.17, 15) is 9.59 Å². The second-order valence-electron chi connectivity index (χ2n) is 3.92. The van der Waals surface area contributed by atoms with E-state index >= 15 is 0 Å². The van der Waals surface area contributed by atoms with E-state index in [1.54, 1.807) is 13.8 Å². The molecule has 0 aliphatic carbocycles. The quantitative estimate of drug-likeness (QED) is 0.451. The normalized spacial score (nSPS) is 13.4. The lowest BCUT2D eigenvalue weighted by molar-refractivity contribution is -0.147. The number of hydrogen-bond donors (Lipinski definition) is 3. The number of carboxylic acids is 2. The third kappa shape index (κ3) is 6.24. The molecule has 0 fully saturated rings. The van der Waals surface area contributed by atoms with Gasteiger partial charge in [0.1, 0.15) is 0 Å². The highest BCUT2D eigenvalue weighted by molar-refractivity contribution is 8.76. The van der Waals surface area contributed by atoms with Crippen LogP contribution in [-0.4, -0.2) is 44.9 Å². The Morgan fingerprint density at radius 3 is 2.25 bits per heavy atom. The van der Waals surface area contributed by atoms with Crippen molar-refractivity contribution >= 4 is 33.5 Å². The lowest BCUT2D eigenvalue weighted by atomic mass is 9.97. The Labute approximate surface area is 102 Å². The highest BCUT2D eigenvalue weighted by Crippen LogP contribution is 2.30. The van der Waals surface area contributed by atoms with Crippen molar-refractivity contribution in [2.75, 3.05) is 11.5 Å². The fourth-order valence-electron chi connectivity index (χ4n) is 0.593. The molecule has 7 heteroatoms. The molecule has 0 aliphatic rings. The lowest BCUT2D eigenvalue weighted by Crippen LogP contribution is -2.25. The summed E-state index contributed by atoms with van der Waals surface area (Å²) in [6, 6.07) is 0. The average molecular weight is 268 g/mol. The molecule has 94 valence electrons. The van der Waals surface area contributed by atoms with Gasteiger partial charge in [-0.1, -0.05) is 21.6 Å². The second-order valence-corrected chi connectivity index (χ2v) is 6.50. The van der Waals surface area contributed by atoms with Crippen LogP contribution in [0, 0.1) is 5.41 Å². The van der Waals surface area contributed by atoms with Gasteiger partial charge in [-0.25, -0.2) is 4.79 Å². The number of carbonyl (C=O) groups is 2. The van der Waals surface area contributed by atoms with Gasteiger partial charge < -0.3 is 15.3 Å². The topological polar surface area (TPSA) is 94.8 Å². The number of hydrogen-bond acceptors (Lipinski definition) is 5. The molecule has 0 aromatic rings. The smallest absolute Gasteiger partial charge is 0.332 e. The summed E-state index contributed by atoms with van der Waals surface area (Å²) in [6.07, 6.45) is -1.17. The first-order chi connectivity index (χ1) is 7.27. The van der Waals surface area contributed by atoms with E-state index in [1.807, 2.05) is 0 Å². The van der Waals surface area contributed by atoms with Gasteiger partial charge in [-0.15, -0.1) is 0 Å². The SMILES string of the molecule is CC(C)(CSSCCC(O)C(=O)O)C(=O)O. The van der Waals surface area contributed by atoms with E-state index in [1.165, 1.54) is 21.6 Å². The van der Waals surface area contributed by atoms with Crippen molar-refractivity contribution in [3.8, 4) is 0 Å². The van der Waals surface area contributed by atoms with Crippen LogP contribution in [0.15, 0.2) is 0 Å². The van der Waals surface area contributed by atoms with Crippen molar-refractivity contribution in [1.82, 2.24) is 0 Å². The van der Waals surface area contributed by atoms with Gasteiger partial charge in [0.05, 0.1) is 5.41 Å². The Morgan fingerprint density at radius 1 is 1.25 bits per heavy atom. The van der Waals surface area contributed by atoms with Crippen LogP contribution in [-0.2, 0) is 9.59 Å². The standard InChI is InChI=1S/C9H16O5S2/c1-9(2,8(13)14)5-16-15-4-3-6(10)7(11)12/h6,10H,3-5H2,1-2H3,(H,11,12)(H,13,14). The zero-order valence-electron chi connectivity index (χ0n) is 9.17. The fourth-order valence-corrected chi connectivity index (χ4v) is 3.31. The Balaban J connectivity index is 3.62. The van der Waals surface area contributed by atoms with Crippen molar-refractivity contribution in [2.45, 2.75) is 26.4 Å². The van der Waals surface area contributed by atoms with Crippen LogP contribution in [0.4, 0.5) is 0 Å². The minimum Gasteiger partial charge on any atom is -0.481 e. The largest absolute Gasteiger partial charge is 0.481 e. The van der Waals surface area contributed by atoms with E-state index in [4.69, 9.17) is 15.3 Å². The molecule has 0 amide bonds. The van der Waals surface area contributed by atoms with E-state index in [-0.39, 0.29) is 6.42 Å². The Kier molecular flexibility index (Phi) is 6.85. The molecule has 0 aromatic carbocycles. The Bertz CT molecular complexity index is 254. The molecule has 16 heavy (non-hydrogen) atoms. The molecule has 3 N–H and O–H groups in total. The first kappa shape index (κ1) is 15.6. The van der Waals surface area contributed by atoms with Gasteiger partial charge in [0.15, 0.2) is 6.10 Å². The van der Waals surface area contributed by atoms with Crippen molar-refractivity contribution < 1.29 is 24.9 Å². The summed E-state index contributed by atoms with van der Waals surface area (Å²) in [6.45, 7) is 3.27. The molecule has 0 heterocycles. The molecule has 0 aromatic heterocycles. The van der Waals surface area contributed by atoms with Crippen LogP contribution in [0.1, 0.15) is 20.3 Å². The zero-order chi connectivity index (χ0) is 12.8. The maximum atomic E-state index is 10.7. The maximum Gasteiger partial charge on any atom is 0.332 e. The zero-order valence-corrected chi connectivity index (χ0v) is 10.8. The maximum absolute atomic E-state index is 10.7. The first-order valence-corrected chi connectivity index (χ1v) is 7.15. The molecule has 5 nitrogen and oxygen atoms in total. The summed E-state index contributed by atoms with van der Waals surface area (Å²) in [4.78, 5) is 21.0. The van der Waals surface area contributed by atoms with Gasteiger partial charge in [0.25, 0.3) is 0 Å². The van der Waals surface area contributed by atoms with Crippen molar-refractivity contribution in [2.24, 2.45) is 5.41 Å². The Hall–Kier alpha value is -0.400. The molecule has 0 radical (unpaired) electrons. The van der Waals surface area contributed by atoms with Gasteiger partial charge in [-0.3, -0.25) is 4.79 Å². The van der Waals surface area contributed by atoms with Crippen LogP contribution in [0.3, 0.4) is 0 Å². The van der Waals surface area contributed by atoms with Crippen LogP contribution in [0.25, 0.3) is 0 Å². The minimum absolute atomic E-state index is 0.167. The highest BCUT2D eigenvalue weighted by Gasteiger charge is 2.27. The average Bonchev–Trinajstić information content (AvgIpc) is 2.16. The molecular formula is C9H16O5S2. The van der Waals surface area contributed by atoms with E-state index in [0.29, 0.717) is 11.5 Å². The van der Waals surface area contributed by atoms with Gasteiger partial charge in [-0.2, -0.15) is 0 Å². The summed E-state index contributed by atoms with van der Waals surface area (Å²) in [5, 5.41) is 26.2. The number of aliphatic carboxylic acids is 2. The van der Waals surface area contributed by atoms with Gasteiger partial charge in [-0.05, 0) is 20.3 Å². The third-order valence-electron chi connectivity index (χ3n) is 1.84. The van der Waals surface area contributed by atoms with Crippen molar-refractivity contribution in [1.29, 1.82) is 0 Å². The van der Waals surface area contributed by atoms with Crippen LogP contribution >= 0.6 is 21.6 Å². The molecule has 0 aliphatic heterocycles. The summed E-state index contributed by atoms with van der Waals surface area (Å²) in [7, 11) is 2.75. The molecule has 0 spiro atoms. The summed E-state index contributed by atoms with van der Waals surface area (Å²) in [5.74, 6) is -1.16. The van der Waals surface area contributed by atoms with Crippen LogP contribution in [0.5, 0.6) is 0 Å². The fraction of sp³-hybridized carbons (Fsp3) is 0.778. The lowest BCUT2D eigenvalue weighted by Gasteiger charge is -2.17. The van der Waals surface area contributed by atoms with Gasteiger partial charge >= 0.3 is 11.9 Å². The monoisotopic (exact) mass is 268 g/mol.